The Morgan fingerprint density at radius 3 is 2.44 bits per heavy atom. The molecule has 11 nitrogen and oxygen atoms in total. The number of morpholine rings is 1. The van der Waals surface area contributed by atoms with Gasteiger partial charge in [0.2, 0.25) is 15.2 Å². The van der Waals surface area contributed by atoms with Gasteiger partial charge in [0.1, 0.15) is 0 Å². The van der Waals surface area contributed by atoms with E-state index in [-0.39, 0.29) is 34.6 Å². The second-order valence-electron chi connectivity index (χ2n) is 8.40. The smallest absolute Gasteiger partial charge is 0.284 e. The molecule has 4 rings (SSSR count). The third kappa shape index (κ3) is 5.30. The average molecular weight is 533 g/mol. The highest BCUT2D eigenvalue weighted by Gasteiger charge is 2.30. The second-order valence-corrected chi connectivity index (χ2v) is 11.4. The zero-order chi connectivity index (χ0) is 25.9. The number of hydrogen-bond acceptors (Lipinski definition) is 9. The van der Waals surface area contributed by atoms with Crippen LogP contribution >= 0.6 is 11.8 Å². The van der Waals surface area contributed by atoms with Crippen LogP contribution in [0.4, 0.5) is 5.69 Å². The molecule has 1 saturated heterocycles. The number of aromatic nitrogens is 3. The standard InChI is InChI=1S/C23H28N6O5S2/c1-4-19(26(2)3)22-24-25-23(28(22)17-8-6-5-7-9-17)35-21-11-10-18(16-20(21)29(30)31)36(32,33)27-12-14-34-15-13-27/h5-11,16,19H,4,12-15H2,1-3H3/t19-/m1/s1. The van der Waals surface area contributed by atoms with Crippen LogP contribution in [-0.2, 0) is 14.8 Å². The van der Waals surface area contributed by atoms with Gasteiger partial charge in [-0.3, -0.25) is 19.6 Å². The first-order valence-electron chi connectivity index (χ1n) is 11.5. The lowest BCUT2D eigenvalue weighted by atomic mass is 10.2. The summed E-state index contributed by atoms with van der Waals surface area (Å²) in [5, 5.41) is 21.2. The number of rotatable bonds is 9. The van der Waals surface area contributed by atoms with E-state index in [4.69, 9.17) is 4.74 Å². The van der Waals surface area contributed by atoms with Gasteiger partial charge in [-0.25, -0.2) is 8.42 Å². The molecule has 13 heteroatoms. The first-order valence-corrected chi connectivity index (χ1v) is 13.7. The fourth-order valence-corrected chi connectivity index (χ4v) is 6.45. The van der Waals surface area contributed by atoms with E-state index in [2.05, 4.69) is 17.1 Å². The van der Waals surface area contributed by atoms with Gasteiger partial charge in [0, 0.05) is 24.8 Å². The summed E-state index contributed by atoms with van der Waals surface area (Å²) in [6, 6.07) is 13.5. The van der Waals surface area contributed by atoms with Gasteiger partial charge in [-0.05, 0) is 56.5 Å². The number of benzene rings is 2. The molecule has 192 valence electrons. The lowest BCUT2D eigenvalue weighted by Gasteiger charge is -2.26. The quantitative estimate of drug-likeness (QED) is 0.301. The number of nitro groups is 1. The molecular weight excluding hydrogens is 504 g/mol. The second kappa shape index (κ2) is 11.0. The van der Waals surface area contributed by atoms with E-state index in [0.29, 0.717) is 24.2 Å². The van der Waals surface area contributed by atoms with Crippen molar-refractivity contribution in [3.8, 4) is 5.69 Å². The van der Waals surface area contributed by atoms with Gasteiger partial charge in [0.25, 0.3) is 5.69 Å². The Bertz CT molecular complexity index is 1320. The molecular formula is C23H28N6O5S2. The van der Waals surface area contributed by atoms with E-state index >= 15 is 0 Å². The van der Waals surface area contributed by atoms with E-state index < -0.39 is 14.9 Å². The summed E-state index contributed by atoms with van der Waals surface area (Å²) in [7, 11) is 0.0456. The SMILES string of the molecule is CC[C@H](c1nnc(Sc2ccc(S(=O)(=O)N3CCOCC3)cc2[N+](=O)[O-])n1-c1ccccc1)N(C)C. The fourth-order valence-electron chi connectivity index (χ4n) is 4.08. The van der Waals surface area contributed by atoms with Crippen molar-refractivity contribution in [2.75, 3.05) is 40.4 Å². The minimum absolute atomic E-state index is 0.0249. The molecule has 1 atom stereocenters. The summed E-state index contributed by atoms with van der Waals surface area (Å²) in [6.45, 7) is 3.05. The molecule has 0 unspecified atom stereocenters. The Morgan fingerprint density at radius 2 is 1.83 bits per heavy atom. The van der Waals surface area contributed by atoms with Crippen molar-refractivity contribution < 1.29 is 18.1 Å². The van der Waals surface area contributed by atoms with E-state index in [1.54, 1.807) is 0 Å². The molecule has 36 heavy (non-hydrogen) atoms. The monoisotopic (exact) mass is 532 g/mol. The normalized spacial score (nSPS) is 15.8. The Hall–Kier alpha value is -2.84. The van der Waals surface area contributed by atoms with E-state index in [9.17, 15) is 18.5 Å². The molecule has 0 radical (unpaired) electrons. The lowest BCUT2D eigenvalue weighted by Crippen LogP contribution is -2.40. The summed E-state index contributed by atoms with van der Waals surface area (Å²) in [5.74, 6) is 0.713. The van der Waals surface area contributed by atoms with Crippen molar-refractivity contribution in [3.05, 3.63) is 64.5 Å². The summed E-state index contributed by atoms with van der Waals surface area (Å²) in [4.78, 5) is 13.6. The van der Waals surface area contributed by atoms with Crippen LogP contribution in [0.2, 0.25) is 0 Å². The molecule has 0 saturated carbocycles. The molecule has 0 aliphatic carbocycles. The van der Waals surface area contributed by atoms with Crippen molar-refractivity contribution >= 4 is 27.5 Å². The number of nitro benzene ring substituents is 1. The maximum absolute atomic E-state index is 13.1. The molecule has 1 aliphatic rings. The van der Waals surface area contributed by atoms with Crippen molar-refractivity contribution in [3.63, 3.8) is 0 Å². The predicted octanol–water partition coefficient (Wildman–Crippen LogP) is 3.36. The number of para-hydroxylation sites is 1. The molecule has 0 amide bonds. The number of sulfonamides is 1. The summed E-state index contributed by atoms with van der Waals surface area (Å²) in [5.41, 5.74) is 0.521. The first-order chi connectivity index (χ1) is 17.2. The molecule has 0 bridgehead atoms. The molecule has 0 N–H and O–H groups in total. The van der Waals surface area contributed by atoms with Gasteiger partial charge in [-0.15, -0.1) is 10.2 Å². The molecule has 2 heterocycles. The van der Waals surface area contributed by atoms with Gasteiger partial charge < -0.3 is 4.74 Å². The van der Waals surface area contributed by atoms with Crippen LogP contribution in [0.1, 0.15) is 25.2 Å². The fraction of sp³-hybridized carbons (Fsp3) is 0.391. The molecule has 1 fully saturated rings. The zero-order valence-electron chi connectivity index (χ0n) is 20.3. The first kappa shape index (κ1) is 26.2. The van der Waals surface area contributed by atoms with Crippen LogP contribution in [0.3, 0.4) is 0 Å². The lowest BCUT2D eigenvalue weighted by molar-refractivity contribution is -0.388. The Morgan fingerprint density at radius 1 is 1.14 bits per heavy atom. The van der Waals surface area contributed by atoms with E-state index in [1.807, 2.05) is 53.9 Å². The van der Waals surface area contributed by atoms with E-state index in [0.717, 1.165) is 29.9 Å². The van der Waals surface area contributed by atoms with Crippen LogP contribution in [0.15, 0.2) is 63.5 Å². The van der Waals surface area contributed by atoms with Crippen LogP contribution < -0.4 is 0 Å². The van der Waals surface area contributed by atoms with Crippen molar-refractivity contribution in [2.24, 2.45) is 0 Å². The maximum Gasteiger partial charge on any atom is 0.284 e. The van der Waals surface area contributed by atoms with Gasteiger partial charge >= 0.3 is 0 Å². The van der Waals surface area contributed by atoms with E-state index in [1.165, 1.54) is 16.4 Å². The third-order valence-electron chi connectivity index (χ3n) is 5.92. The topological polar surface area (TPSA) is 124 Å². The van der Waals surface area contributed by atoms with Gasteiger partial charge in [0.05, 0.1) is 34.0 Å². The maximum atomic E-state index is 13.1. The van der Waals surface area contributed by atoms with Crippen molar-refractivity contribution in [1.82, 2.24) is 24.0 Å². The number of nitrogens with zero attached hydrogens (tertiary/aromatic N) is 6. The van der Waals surface area contributed by atoms with Crippen LogP contribution in [0.5, 0.6) is 0 Å². The predicted molar refractivity (Wildman–Crippen MR) is 135 cm³/mol. The van der Waals surface area contributed by atoms with Crippen LogP contribution in [0, 0.1) is 10.1 Å². The molecule has 1 aliphatic heterocycles. The van der Waals surface area contributed by atoms with Crippen molar-refractivity contribution in [2.45, 2.75) is 34.3 Å². The Labute approximate surface area is 214 Å². The molecule has 3 aromatic rings. The number of hydrogen-bond donors (Lipinski definition) is 0. The Kier molecular flexibility index (Phi) is 8.05. The zero-order valence-corrected chi connectivity index (χ0v) is 21.9. The van der Waals surface area contributed by atoms with Crippen molar-refractivity contribution in [1.29, 1.82) is 0 Å². The third-order valence-corrected chi connectivity index (χ3v) is 8.82. The minimum atomic E-state index is -3.88. The molecule has 2 aromatic carbocycles. The number of ether oxygens (including phenoxy) is 1. The van der Waals surface area contributed by atoms with Gasteiger partial charge in [0.15, 0.2) is 5.82 Å². The highest BCUT2D eigenvalue weighted by molar-refractivity contribution is 7.99. The summed E-state index contributed by atoms with van der Waals surface area (Å²) < 4.78 is 34.5. The average Bonchev–Trinajstić information content (AvgIpc) is 3.28. The molecule has 0 spiro atoms. The Balaban J connectivity index is 1.76. The molecule has 1 aromatic heterocycles. The van der Waals surface area contributed by atoms with Crippen LogP contribution in [0.25, 0.3) is 5.69 Å². The summed E-state index contributed by atoms with van der Waals surface area (Å²) in [6.07, 6.45) is 0.789. The van der Waals surface area contributed by atoms with Gasteiger partial charge in [-0.1, -0.05) is 25.1 Å². The highest BCUT2D eigenvalue weighted by atomic mass is 32.2. The van der Waals surface area contributed by atoms with Gasteiger partial charge in [-0.2, -0.15) is 4.31 Å². The largest absolute Gasteiger partial charge is 0.379 e. The minimum Gasteiger partial charge on any atom is -0.379 e. The summed E-state index contributed by atoms with van der Waals surface area (Å²) >= 11 is 1.08. The van der Waals surface area contributed by atoms with Crippen LogP contribution in [-0.4, -0.2) is 77.7 Å². The highest BCUT2D eigenvalue weighted by Crippen LogP contribution is 2.38.